The molecule has 19 heteroatoms. The van der Waals surface area contributed by atoms with E-state index in [1.165, 1.54) is 141 Å². The van der Waals surface area contributed by atoms with Gasteiger partial charge >= 0.3 is 39.5 Å². The Morgan fingerprint density at radius 2 is 0.510 bits per heavy atom. The maximum Gasteiger partial charge on any atom is 0.472 e. The number of phosphoric acid groups is 2. The molecule has 0 radical (unpaired) electrons. The van der Waals surface area contributed by atoms with Crippen LogP contribution in [-0.2, 0) is 65.4 Å². The van der Waals surface area contributed by atoms with Crippen LogP contribution in [0.15, 0.2) is 60.8 Å². The summed E-state index contributed by atoms with van der Waals surface area (Å²) in [5.74, 6) is -2.17. The lowest BCUT2D eigenvalue weighted by Crippen LogP contribution is -2.30. The fraction of sp³-hybridized carbons (Fsp3) is 0.827. The molecule has 0 aromatic carbocycles. The van der Waals surface area contributed by atoms with E-state index < -0.39 is 97.5 Å². The van der Waals surface area contributed by atoms with Gasteiger partial charge in [-0.3, -0.25) is 37.3 Å². The first-order chi connectivity index (χ1) is 48.7. The Balaban J connectivity index is 5.30. The maximum atomic E-state index is 13.1. The second kappa shape index (κ2) is 74.0. The van der Waals surface area contributed by atoms with Crippen LogP contribution in [0.5, 0.6) is 0 Å². The van der Waals surface area contributed by atoms with Crippen molar-refractivity contribution >= 4 is 39.5 Å². The molecule has 0 aliphatic heterocycles. The van der Waals surface area contributed by atoms with Gasteiger partial charge in [0.1, 0.15) is 19.3 Å². The molecule has 0 aliphatic carbocycles. The van der Waals surface area contributed by atoms with Gasteiger partial charge in [0.05, 0.1) is 26.4 Å². The second-order valence-electron chi connectivity index (χ2n) is 27.4. The standard InChI is InChI=1S/C81H148O17P2/c1-5-9-13-17-21-25-29-33-35-36-37-38-40-44-46-50-54-58-62-66-79(84)92-72-77(98-81(86)68-64-60-56-52-48-42-32-28-24-20-16-12-8-4)74-96-100(89,90)94-70-75(82)69-93-99(87,88)95-73-76(97-80(85)67-63-59-55-51-47-41-31-27-23-19-15-11-7-3)71-91-78(83)65-61-57-53-49-45-43-39-34-30-26-22-18-14-10-6-2/h16,20-21,25,28,32-33,35,37-38,75-77,82H,5-15,17-19,22-24,26-27,29-31,34,36,39-74H2,1-4H3,(H,87,88)(H,89,90)/b20-16-,25-21-,32-28-,35-33-,38-37-. The number of ether oxygens (including phenoxy) is 4. The summed E-state index contributed by atoms with van der Waals surface area (Å²) in [5, 5.41) is 10.6. The monoisotopic (exact) mass is 1460 g/mol. The minimum atomic E-state index is -4.98. The first-order valence-electron chi connectivity index (χ1n) is 40.5. The number of allylic oxidation sites excluding steroid dienone is 10. The molecule has 0 saturated carbocycles. The van der Waals surface area contributed by atoms with E-state index in [4.69, 9.17) is 37.0 Å². The van der Waals surface area contributed by atoms with E-state index in [1.807, 2.05) is 0 Å². The minimum Gasteiger partial charge on any atom is -0.462 e. The number of aliphatic hydroxyl groups is 1. The van der Waals surface area contributed by atoms with E-state index in [1.54, 1.807) is 0 Å². The largest absolute Gasteiger partial charge is 0.472 e. The van der Waals surface area contributed by atoms with Crippen molar-refractivity contribution in [3.05, 3.63) is 60.8 Å². The van der Waals surface area contributed by atoms with E-state index in [0.717, 1.165) is 154 Å². The van der Waals surface area contributed by atoms with Gasteiger partial charge in [-0.1, -0.05) is 320 Å². The van der Waals surface area contributed by atoms with Gasteiger partial charge in [0, 0.05) is 25.7 Å². The van der Waals surface area contributed by atoms with Crippen molar-refractivity contribution in [2.75, 3.05) is 39.6 Å². The molecule has 100 heavy (non-hydrogen) atoms. The number of phosphoric ester groups is 2. The molecule has 0 saturated heterocycles. The number of hydrogen-bond donors (Lipinski definition) is 3. The average molecular weight is 1460 g/mol. The van der Waals surface area contributed by atoms with Crippen LogP contribution in [0.1, 0.15) is 374 Å². The zero-order valence-electron chi connectivity index (χ0n) is 63.9. The molecule has 0 spiro atoms. The van der Waals surface area contributed by atoms with Crippen molar-refractivity contribution < 1.29 is 80.2 Å². The third-order valence-corrected chi connectivity index (χ3v) is 19.4. The summed E-state index contributed by atoms with van der Waals surface area (Å²) in [6.07, 6.45) is 73.3. The zero-order valence-corrected chi connectivity index (χ0v) is 65.7. The highest BCUT2D eigenvalue weighted by molar-refractivity contribution is 7.47. The smallest absolute Gasteiger partial charge is 0.462 e. The Labute approximate surface area is 610 Å². The lowest BCUT2D eigenvalue weighted by molar-refractivity contribution is -0.161. The first kappa shape index (κ1) is 96.8. The van der Waals surface area contributed by atoms with Crippen LogP contribution >= 0.6 is 15.6 Å². The minimum absolute atomic E-state index is 0.0791. The average Bonchev–Trinajstić information content (AvgIpc) is 0.946. The molecule has 0 amide bonds. The molecule has 584 valence electrons. The molecule has 3 N–H and O–H groups in total. The molecule has 0 rings (SSSR count). The highest BCUT2D eigenvalue weighted by atomic mass is 31.2. The van der Waals surface area contributed by atoms with Gasteiger partial charge in [-0.2, -0.15) is 0 Å². The van der Waals surface area contributed by atoms with Crippen molar-refractivity contribution in [3.63, 3.8) is 0 Å². The van der Waals surface area contributed by atoms with Crippen LogP contribution in [0.3, 0.4) is 0 Å². The molecular weight excluding hydrogens is 1310 g/mol. The summed E-state index contributed by atoms with van der Waals surface area (Å²) in [6, 6.07) is 0. The fourth-order valence-corrected chi connectivity index (χ4v) is 12.8. The van der Waals surface area contributed by atoms with E-state index in [2.05, 4.69) is 88.5 Å². The summed E-state index contributed by atoms with van der Waals surface area (Å²) >= 11 is 0. The van der Waals surface area contributed by atoms with Gasteiger partial charge in [-0.15, -0.1) is 0 Å². The number of rotatable bonds is 77. The van der Waals surface area contributed by atoms with Crippen LogP contribution in [0.2, 0.25) is 0 Å². The van der Waals surface area contributed by atoms with Crippen LogP contribution in [0.4, 0.5) is 0 Å². The maximum absolute atomic E-state index is 13.1. The molecule has 0 aliphatic rings. The summed E-state index contributed by atoms with van der Waals surface area (Å²) < 4.78 is 68.6. The third kappa shape index (κ3) is 73.1. The van der Waals surface area contributed by atoms with E-state index >= 15 is 0 Å². The summed E-state index contributed by atoms with van der Waals surface area (Å²) in [6.45, 7) is 4.83. The summed E-state index contributed by atoms with van der Waals surface area (Å²) in [5.41, 5.74) is 0. The molecule has 0 fully saturated rings. The number of hydrogen-bond acceptors (Lipinski definition) is 15. The van der Waals surface area contributed by atoms with Crippen molar-refractivity contribution in [1.29, 1.82) is 0 Å². The number of esters is 4. The highest BCUT2D eigenvalue weighted by Gasteiger charge is 2.30. The Bertz CT molecular complexity index is 2130. The Morgan fingerprint density at radius 1 is 0.280 bits per heavy atom. The number of aliphatic hydroxyl groups excluding tert-OH is 1. The van der Waals surface area contributed by atoms with Gasteiger partial charge < -0.3 is 33.8 Å². The van der Waals surface area contributed by atoms with Gasteiger partial charge in [0.15, 0.2) is 12.2 Å². The Morgan fingerprint density at radius 3 is 0.810 bits per heavy atom. The Kier molecular flexibility index (Phi) is 71.6. The molecule has 17 nitrogen and oxygen atoms in total. The van der Waals surface area contributed by atoms with Crippen LogP contribution in [0.25, 0.3) is 0 Å². The van der Waals surface area contributed by atoms with Crippen molar-refractivity contribution in [2.45, 2.75) is 393 Å². The van der Waals surface area contributed by atoms with Gasteiger partial charge in [-0.05, 0) is 89.9 Å². The molecular formula is C81H148O17P2. The first-order valence-corrected chi connectivity index (χ1v) is 43.5. The molecule has 0 heterocycles. The molecule has 5 atom stereocenters. The molecule has 0 bridgehead atoms. The van der Waals surface area contributed by atoms with E-state index in [-0.39, 0.29) is 25.7 Å². The van der Waals surface area contributed by atoms with Crippen molar-refractivity contribution in [2.24, 2.45) is 0 Å². The molecule has 0 aromatic rings. The number of carbonyl (C=O) groups is 4. The molecule has 5 unspecified atom stereocenters. The fourth-order valence-electron chi connectivity index (χ4n) is 11.3. The normalized spacial score (nSPS) is 14.2. The lowest BCUT2D eigenvalue weighted by atomic mass is 10.0. The number of unbranched alkanes of at least 4 members (excludes halogenated alkanes) is 41. The van der Waals surface area contributed by atoms with Gasteiger partial charge in [-0.25, -0.2) is 9.13 Å². The van der Waals surface area contributed by atoms with Gasteiger partial charge in [0.2, 0.25) is 0 Å². The highest BCUT2D eigenvalue weighted by Crippen LogP contribution is 2.45. The van der Waals surface area contributed by atoms with Crippen LogP contribution < -0.4 is 0 Å². The summed E-state index contributed by atoms with van der Waals surface area (Å²) in [7, 11) is -9.94. The number of carbonyl (C=O) groups excluding carboxylic acids is 4. The van der Waals surface area contributed by atoms with E-state index in [9.17, 15) is 43.2 Å². The molecule has 0 aromatic heterocycles. The Hall–Kier alpha value is -3.24. The van der Waals surface area contributed by atoms with Crippen LogP contribution in [-0.4, -0.2) is 96.7 Å². The van der Waals surface area contributed by atoms with Gasteiger partial charge in [0.25, 0.3) is 0 Å². The zero-order chi connectivity index (χ0) is 73.2. The lowest BCUT2D eigenvalue weighted by Gasteiger charge is -2.21. The second-order valence-corrected chi connectivity index (χ2v) is 30.3. The summed E-state index contributed by atoms with van der Waals surface area (Å²) in [4.78, 5) is 73.0. The van der Waals surface area contributed by atoms with Crippen molar-refractivity contribution in [1.82, 2.24) is 0 Å². The van der Waals surface area contributed by atoms with Crippen LogP contribution in [0, 0.1) is 0 Å². The topological polar surface area (TPSA) is 237 Å². The quantitative estimate of drug-likeness (QED) is 0.0169. The van der Waals surface area contributed by atoms with Crippen molar-refractivity contribution in [3.8, 4) is 0 Å². The predicted octanol–water partition coefficient (Wildman–Crippen LogP) is 23.5. The predicted molar refractivity (Wildman–Crippen MR) is 409 cm³/mol. The van der Waals surface area contributed by atoms with E-state index in [0.29, 0.717) is 25.7 Å². The third-order valence-electron chi connectivity index (χ3n) is 17.5. The SMILES string of the molecule is CCC/C=C\C/C=C\CCCCCCCC(=O)OC(COC(=O)CCCCCCCC/C=C\C/C=C\C/C=C\CCCCC)COP(=O)(O)OCC(O)COP(=O)(O)OCC(COC(=O)CCCCCCCCCCCCCCCCC)OC(=O)CCCCCCCCCCCCCCC.